The van der Waals surface area contributed by atoms with Crippen LogP contribution >= 0.6 is 0 Å². The van der Waals surface area contributed by atoms with Crippen molar-refractivity contribution in [2.45, 2.75) is 12.1 Å². The van der Waals surface area contributed by atoms with E-state index in [2.05, 4.69) is 29.2 Å². The molecular formula is C31H29N3O3. The van der Waals surface area contributed by atoms with Crippen molar-refractivity contribution in [3.05, 3.63) is 142 Å². The van der Waals surface area contributed by atoms with Crippen LogP contribution in [0.5, 0.6) is 0 Å². The summed E-state index contributed by atoms with van der Waals surface area (Å²) in [5.74, 6) is -0.731. The van der Waals surface area contributed by atoms with Crippen LogP contribution in [0.3, 0.4) is 0 Å². The summed E-state index contributed by atoms with van der Waals surface area (Å²) in [5, 5.41) is 0. The number of aromatic nitrogens is 1. The molecule has 5 rings (SSSR count). The second kappa shape index (κ2) is 11.2. The molecule has 0 saturated carbocycles. The first-order valence-corrected chi connectivity index (χ1v) is 12.5. The van der Waals surface area contributed by atoms with Crippen LogP contribution in [-0.4, -0.2) is 52.2 Å². The topological polar surface area (TPSA) is 62.6 Å². The van der Waals surface area contributed by atoms with Crippen molar-refractivity contribution < 1.29 is 9.59 Å². The van der Waals surface area contributed by atoms with Crippen molar-refractivity contribution in [2.75, 3.05) is 26.2 Å². The van der Waals surface area contributed by atoms with Crippen molar-refractivity contribution in [3.8, 4) is 0 Å². The Balaban J connectivity index is 1.39. The van der Waals surface area contributed by atoms with E-state index < -0.39 is 6.04 Å². The number of nitrogens with zero attached hydrogens (tertiary/aromatic N) is 3. The van der Waals surface area contributed by atoms with Crippen LogP contribution in [0, 0.1) is 0 Å². The molecule has 0 radical (unpaired) electrons. The van der Waals surface area contributed by atoms with Crippen LogP contribution in [-0.2, 0) is 4.79 Å². The lowest BCUT2D eigenvalue weighted by atomic mass is 9.96. The molecule has 0 aliphatic carbocycles. The van der Waals surface area contributed by atoms with E-state index in [0.717, 1.165) is 0 Å². The van der Waals surface area contributed by atoms with Crippen molar-refractivity contribution in [1.29, 1.82) is 0 Å². The van der Waals surface area contributed by atoms with Crippen LogP contribution in [0.25, 0.3) is 0 Å². The van der Waals surface area contributed by atoms with Gasteiger partial charge in [0, 0.05) is 44.0 Å². The van der Waals surface area contributed by atoms with E-state index in [1.807, 2.05) is 42.5 Å². The number of pyridine rings is 1. The zero-order valence-electron chi connectivity index (χ0n) is 20.5. The predicted octanol–water partition coefficient (Wildman–Crippen LogP) is 4.21. The van der Waals surface area contributed by atoms with Gasteiger partial charge in [0.2, 0.25) is 0 Å². The van der Waals surface area contributed by atoms with Crippen molar-refractivity contribution in [2.24, 2.45) is 0 Å². The highest BCUT2D eigenvalue weighted by Crippen LogP contribution is 2.30. The van der Waals surface area contributed by atoms with Gasteiger partial charge in [-0.1, -0.05) is 97.1 Å². The fourth-order valence-corrected chi connectivity index (χ4v) is 5.03. The van der Waals surface area contributed by atoms with Gasteiger partial charge in [0.05, 0.1) is 6.04 Å². The normalized spacial score (nSPS) is 14.9. The number of ketones is 1. The van der Waals surface area contributed by atoms with Crippen LogP contribution in [0.15, 0.2) is 120 Å². The third-order valence-electron chi connectivity index (χ3n) is 6.89. The average Bonchev–Trinajstić information content (AvgIpc) is 2.96. The lowest BCUT2D eigenvalue weighted by molar-refractivity contribution is -0.135. The number of Topliss-reactive ketones (excluding diaryl/α,β-unsaturated/α-hetero) is 1. The van der Waals surface area contributed by atoms with Gasteiger partial charge in [-0.3, -0.25) is 23.9 Å². The summed E-state index contributed by atoms with van der Waals surface area (Å²) >= 11 is 0. The Morgan fingerprint density at radius 2 is 1.14 bits per heavy atom. The van der Waals surface area contributed by atoms with Gasteiger partial charge in [-0.2, -0.15) is 0 Å². The molecule has 0 N–H and O–H groups in total. The second-order valence-corrected chi connectivity index (χ2v) is 9.16. The minimum atomic E-state index is -1.23. The third kappa shape index (κ3) is 5.29. The van der Waals surface area contributed by atoms with E-state index in [-0.39, 0.29) is 23.3 Å². The van der Waals surface area contributed by atoms with Gasteiger partial charge < -0.3 is 4.90 Å². The molecule has 1 atom stereocenters. The number of amides is 1. The zero-order chi connectivity index (χ0) is 25.6. The Morgan fingerprint density at radius 3 is 1.68 bits per heavy atom. The Bertz CT molecular complexity index is 1360. The Hall–Kier alpha value is -4.29. The van der Waals surface area contributed by atoms with Gasteiger partial charge in [-0.05, 0) is 17.2 Å². The van der Waals surface area contributed by atoms with Crippen LogP contribution in [0.2, 0.25) is 0 Å². The Kier molecular flexibility index (Phi) is 7.38. The maximum atomic E-state index is 13.8. The molecule has 37 heavy (non-hydrogen) atoms. The molecule has 1 aromatic heterocycles. The number of piperazine rings is 1. The summed E-state index contributed by atoms with van der Waals surface area (Å²) in [6.45, 7) is 2.23. The molecule has 1 fully saturated rings. The minimum Gasteiger partial charge on any atom is -0.338 e. The van der Waals surface area contributed by atoms with Gasteiger partial charge in [0.25, 0.3) is 11.5 Å². The quantitative estimate of drug-likeness (QED) is 0.287. The molecule has 1 unspecified atom stereocenters. The van der Waals surface area contributed by atoms with Crippen LogP contribution in [0.1, 0.15) is 33.6 Å². The number of carbonyl (C=O) groups is 2. The molecule has 3 aromatic carbocycles. The summed E-state index contributed by atoms with van der Waals surface area (Å²) < 4.78 is 1.25. The fraction of sp³-hybridized carbons (Fsp3) is 0.194. The SMILES string of the molecule is O=C(c1ccccc1)C(C(=O)N1CCN(C(c2ccccc2)c2ccccc2)CC1)n1ccccc1=O. The van der Waals surface area contributed by atoms with E-state index in [0.29, 0.717) is 31.7 Å². The molecular weight excluding hydrogens is 462 g/mol. The summed E-state index contributed by atoms with van der Waals surface area (Å²) in [6.07, 6.45) is 1.52. The highest BCUT2D eigenvalue weighted by atomic mass is 16.2. The fourth-order valence-electron chi connectivity index (χ4n) is 5.03. The first kappa shape index (κ1) is 24.4. The maximum Gasteiger partial charge on any atom is 0.253 e. The monoisotopic (exact) mass is 491 g/mol. The van der Waals surface area contributed by atoms with E-state index in [4.69, 9.17) is 0 Å². The Morgan fingerprint density at radius 1 is 0.622 bits per heavy atom. The van der Waals surface area contributed by atoms with E-state index in [1.165, 1.54) is 28.0 Å². The molecule has 1 aliphatic heterocycles. The summed E-state index contributed by atoms with van der Waals surface area (Å²) in [5.41, 5.74) is 2.42. The van der Waals surface area contributed by atoms with Crippen LogP contribution in [0.4, 0.5) is 0 Å². The van der Waals surface area contributed by atoms with E-state index in [9.17, 15) is 14.4 Å². The smallest absolute Gasteiger partial charge is 0.253 e. The molecule has 0 bridgehead atoms. The summed E-state index contributed by atoms with van der Waals surface area (Å²) in [6, 6.07) is 32.9. The molecule has 2 heterocycles. The van der Waals surface area contributed by atoms with Gasteiger partial charge in [0.15, 0.2) is 11.8 Å². The maximum absolute atomic E-state index is 13.8. The summed E-state index contributed by atoms with van der Waals surface area (Å²) in [7, 11) is 0. The van der Waals surface area contributed by atoms with Crippen molar-refractivity contribution in [3.63, 3.8) is 0 Å². The van der Waals surface area contributed by atoms with E-state index >= 15 is 0 Å². The zero-order valence-corrected chi connectivity index (χ0v) is 20.5. The molecule has 0 spiro atoms. The number of carbonyl (C=O) groups excluding carboxylic acids is 2. The lowest BCUT2D eigenvalue weighted by Crippen LogP contribution is -2.53. The predicted molar refractivity (Wildman–Crippen MR) is 143 cm³/mol. The molecule has 1 aliphatic rings. The number of hydrogen-bond donors (Lipinski definition) is 0. The van der Waals surface area contributed by atoms with Crippen LogP contribution < -0.4 is 5.56 Å². The molecule has 1 saturated heterocycles. The number of hydrogen-bond acceptors (Lipinski definition) is 4. The van der Waals surface area contributed by atoms with E-state index in [1.54, 1.807) is 41.3 Å². The number of rotatable bonds is 7. The first-order chi connectivity index (χ1) is 18.1. The highest BCUT2D eigenvalue weighted by Gasteiger charge is 2.36. The van der Waals surface area contributed by atoms with Gasteiger partial charge in [-0.15, -0.1) is 0 Å². The molecule has 1 amide bonds. The highest BCUT2D eigenvalue weighted by molar-refractivity contribution is 6.11. The van der Waals surface area contributed by atoms with Gasteiger partial charge in [-0.25, -0.2) is 0 Å². The Labute approximate surface area is 216 Å². The standard InChI is InChI=1S/C31H29N3O3/c35-27-18-10-11-19-34(27)29(30(36)26-16-8-3-9-17-26)31(37)33-22-20-32(21-23-33)28(24-12-4-1-5-13-24)25-14-6-2-7-15-25/h1-19,28-29H,20-23H2. The first-order valence-electron chi connectivity index (χ1n) is 12.5. The lowest BCUT2D eigenvalue weighted by Gasteiger charge is -2.40. The van der Waals surface area contributed by atoms with Crippen molar-refractivity contribution >= 4 is 11.7 Å². The molecule has 6 heteroatoms. The van der Waals surface area contributed by atoms with Crippen molar-refractivity contribution in [1.82, 2.24) is 14.4 Å². The minimum absolute atomic E-state index is 0.0677. The number of benzene rings is 3. The molecule has 6 nitrogen and oxygen atoms in total. The average molecular weight is 492 g/mol. The van der Waals surface area contributed by atoms with Gasteiger partial charge in [0.1, 0.15) is 0 Å². The summed E-state index contributed by atoms with van der Waals surface area (Å²) in [4.78, 5) is 44.1. The third-order valence-corrected chi connectivity index (χ3v) is 6.89. The van der Waals surface area contributed by atoms with Gasteiger partial charge >= 0.3 is 0 Å². The molecule has 186 valence electrons. The largest absolute Gasteiger partial charge is 0.338 e. The second-order valence-electron chi connectivity index (χ2n) is 9.16. The molecule has 4 aromatic rings.